The summed E-state index contributed by atoms with van der Waals surface area (Å²) in [5.74, 6) is 1.38. The largest absolute Gasteiger partial charge is 0.497 e. The number of hydrogen-bond donors (Lipinski definition) is 0. The average molecular weight is 521 g/mol. The predicted molar refractivity (Wildman–Crippen MR) is 142 cm³/mol. The molecule has 1 aromatic heterocycles. The number of esters is 1. The second-order valence-electron chi connectivity index (χ2n) is 8.08. The molecule has 192 valence electrons. The zero-order chi connectivity index (χ0) is 26.5. The standard InChI is InChI=1S/C28H28N2O6S/c1-6-14-36-20-10-8-18(9-11-20)25-24(27(32)35-7-2)17(3)29-28-30(25)26(31)23(37-28)16-19-15-21(33-4)12-13-22(19)34-5/h6,8-13,15-16,25H,1,7,14H2,2-5H3/t25-/m1/s1. The number of aromatic nitrogens is 1. The molecule has 2 aromatic carbocycles. The first-order valence-corrected chi connectivity index (χ1v) is 12.5. The first kappa shape index (κ1) is 26.0. The van der Waals surface area contributed by atoms with Gasteiger partial charge < -0.3 is 18.9 Å². The Bertz CT molecular complexity index is 1530. The van der Waals surface area contributed by atoms with E-state index >= 15 is 0 Å². The van der Waals surface area contributed by atoms with Crippen molar-refractivity contribution in [3.8, 4) is 17.2 Å². The third-order valence-electron chi connectivity index (χ3n) is 5.80. The van der Waals surface area contributed by atoms with Gasteiger partial charge in [0.15, 0.2) is 4.80 Å². The van der Waals surface area contributed by atoms with Crippen LogP contribution in [0.25, 0.3) is 6.08 Å². The van der Waals surface area contributed by atoms with Crippen LogP contribution >= 0.6 is 11.3 Å². The maximum Gasteiger partial charge on any atom is 0.338 e. The van der Waals surface area contributed by atoms with Crippen molar-refractivity contribution in [1.82, 2.24) is 4.57 Å². The van der Waals surface area contributed by atoms with E-state index in [9.17, 15) is 9.59 Å². The second kappa shape index (κ2) is 11.3. The summed E-state index contributed by atoms with van der Waals surface area (Å²) in [4.78, 5) is 31.9. The fraction of sp³-hybridized carbons (Fsp3) is 0.250. The molecule has 0 aliphatic carbocycles. The number of nitrogens with zero attached hydrogens (tertiary/aromatic N) is 2. The van der Waals surface area contributed by atoms with Gasteiger partial charge in [0.2, 0.25) is 0 Å². The van der Waals surface area contributed by atoms with Crippen molar-refractivity contribution in [2.75, 3.05) is 27.4 Å². The van der Waals surface area contributed by atoms with Crippen molar-refractivity contribution in [3.63, 3.8) is 0 Å². The summed E-state index contributed by atoms with van der Waals surface area (Å²) in [6.45, 7) is 7.73. The minimum absolute atomic E-state index is 0.205. The zero-order valence-corrected chi connectivity index (χ0v) is 22.0. The Balaban J connectivity index is 1.91. The van der Waals surface area contributed by atoms with Crippen LogP contribution in [-0.4, -0.2) is 38.0 Å². The molecule has 0 fully saturated rings. The monoisotopic (exact) mass is 520 g/mol. The summed E-state index contributed by atoms with van der Waals surface area (Å²) in [5, 5.41) is 0. The van der Waals surface area contributed by atoms with Gasteiger partial charge in [-0.3, -0.25) is 9.36 Å². The van der Waals surface area contributed by atoms with Crippen LogP contribution in [0.3, 0.4) is 0 Å². The molecule has 0 unspecified atom stereocenters. The first-order valence-electron chi connectivity index (χ1n) is 11.7. The molecule has 3 aromatic rings. The highest BCUT2D eigenvalue weighted by atomic mass is 32.1. The Morgan fingerprint density at radius 2 is 1.86 bits per heavy atom. The molecule has 1 atom stereocenters. The first-order chi connectivity index (χ1) is 17.9. The van der Waals surface area contributed by atoms with Gasteiger partial charge in [-0.25, -0.2) is 9.79 Å². The number of carbonyl (C=O) groups is 1. The smallest absolute Gasteiger partial charge is 0.338 e. The SMILES string of the molecule is C=CCOc1ccc([C@@H]2C(C(=O)OCC)=C(C)N=c3sc(=Cc4cc(OC)ccc4OC)c(=O)n32)cc1. The Labute approximate surface area is 218 Å². The molecule has 1 aliphatic heterocycles. The molecule has 0 N–H and O–H groups in total. The molecule has 2 heterocycles. The molecular formula is C28H28N2O6S. The summed E-state index contributed by atoms with van der Waals surface area (Å²) in [7, 11) is 3.14. The number of fused-ring (bicyclic) bond motifs is 1. The van der Waals surface area contributed by atoms with Crippen molar-refractivity contribution >= 4 is 23.4 Å². The lowest BCUT2D eigenvalue weighted by molar-refractivity contribution is -0.139. The maximum absolute atomic E-state index is 13.8. The van der Waals surface area contributed by atoms with Gasteiger partial charge in [0.25, 0.3) is 5.56 Å². The van der Waals surface area contributed by atoms with Crippen LogP contribution in [0.5, 0.6) is 17.2 Å². The minimum atomic E-state index is -0.710. The van der Waals surface area contributed by atoms with E-state index in [-0.39, 0.29) is 12.2 Å². The van der Waals surface area contributed by atoms with E-state index < -0.39 is 12.0 Å². The molecule has 37 heavy (non-hydrogen) atoms. The number of rotatable bonds is 9. The molecule has 9 heteroatoms. The predicted octanol–water partition coefficient (Wildman–Crippen LogP) is 3.38. The van der Waals surface area contributed by atoms with Gasteiger partial charge in [-0.1, -0.05) is 36.1 Å². The van der Waals surface area contributed by atoms with Crippen LogP contribution in [0.2, 0.25) is 0 Å². The molecule has 0 spiro atoms. The molecular weight excluding hydrogens is 492 g/mol. The third kappa shape index (κ3) is 5.22. The average Bonchev–Trinajstić information content (AvgIpc) is 3.21. The van der Waals surface area contributed by atoms with E-state index in [1.54, 1.807) is 75.1 Å². The van der Waals surface area contributed by atoms with Crippen LogP contribution in [0, 0.1) is 0 Å². The number of ether oxygens (including phenoxy) is 4. The van der Waals surface area contributed by atoms with E-state index in [4.69, 9.17) is 18.9 Å². The Morgan fingerprint density at radius 3 is 2.51 bits per heavy atom. The highest BCUT2D eigenvalue weighted by Crippen LogP contribution is 2.32. The number of methoxy groups -OCH3 is 2. The van der Waals surface area contributed by atoms with Gasteiger partial charge in [0, 0.05) is 5.56 Å². The topological polar surface area (TPSA) is 88.4 Å². The summed E-state index contributed by atoms with van der Waals surface area (Å²) in [6.07, 6.45) is 3.41. The molecule has 1 aliphatic rings. The molecule has 0 saturated carbocycles. The number of hydrogen-bond acceptors (Lipinski definition) is 8. The minimum Gasteiger partial charge on any atom is -0.497 e. The number of allylic oxidation sites excluding steroid dienone is 1. The molecule has 0 bridgehead atoms. The highest BCUT2D eigenvalue weighted by molar-refractivity contribution is 7.07. The molecule has 4 rings (SSSR count). The van der Waals surface area contributed by atoms with Crippen molar-refractivity contribution in [2.24, 2.45) is 4.99 Å². The third-order valence-corrected chi connectivity index (χ3v) is 6.79. The van der Waals surface area contributed by atoms with Gasteiger partial charge in [-0.15, -0.1) is 0 Å². The molecule has 0 radical (unpaired) electrons. The van der Waals surface area contributed by atoms with E-state index in [2.05, 4.69) is 11.6 Å². The van der Waals surface area contributed by atoms with Gasteiger partial charge in [-0.05, 0) is 55.8 Å². The molecule has 0 saturated heterocycles. The van der Waals surface area contributed by atoms with Crippen LogP contribution < -0.4 is 29.1 Å². The van der Waals surface area contributed by atoms with Crippen molar-refractivity contribution < 1.29 is 23.7 Å². The van der Waals surface area contributed by atoms with Crippen molar-refractivity contribution in [1.29, 1.82) is 0 Å². The van der Waals surface area contributed by atoms with E-state index in [0.29, 0.717) is 50.0 Å². The Morgan fingerprint density at radius 1 is 1.14 bits per heavy atom. The number of thiazole rings is 1. The van der Waals surface area contributed by atoms with Gasteiger partial charge in [-0.2, -0.15) is 0 Å². The number of benzene rings is 2. The highest BCUT2D eigenvalue weighted by Gasteiger charge is 2.33. The molecule has 8 nitrogen and oxygen atoms in total. The zero-order valence-electron chi connectivity index (χ0n) is 21.1. The number of carbonyl (C=O) groups excluding carboxylic acids is 1. The summed E-state index contributed by atoms with van der Waals surface area (Å²) < 4.78 is 23.8. The quantitative estimate of drug-likeness (QED) is 0.318. The molecule has 0 amide bonds. The van der Waals surface area contributed by atoms with E-state index in [1.807, 2.05) is 12.1 Å². The van der Waals surface area contributed by atoms with Crippen molar-refractivity contribution in [3.05, 3.63) is 97.2 Å². The lowest BCUT2D eigenvalue weighted by Crippen LogP contribution is -2.39. The van der Waals surface area contributed by atoms with Gasteiger partial charge in [0.05, 0.1) is 42.7 Å². The lowest BCUT2D eigenvalue weighted by Gasteiger charge is -2.24. The Hall–Kier alpha value is -4.11. The fourth-order valence-corrected chi connectivity index (χ4v) is 5.14. The van der Waals surface area contributed by atoms with Crippen LogP contribution in [-0.2, 0) is 9.53 Å². The van der Waals surface area contributed by atoms with Crippen molar-refractivity contribution in [2.45, 2.75) is 19.9 Å². The summed E-state index contributed by atoms with van der Waals surface area (Å²) in [5.41, 5.74) is 1.96. The second-order valence-corrected chi connectivity index (χ2v) is 9.09. The van der Waals surface area contributed by atoms with Gasteiger partial charge >= 0.3 is 5.97 Å². The Kier molecular flexibility index (Phi) is 7.93. The fourth-order valence-electron chi connectivity index (χ4n) is 4.10. The van der Waals surface area contributed by atoms with Gasteiger partial charge in [0.1, 0.15) is 23.9 Å². The lowest BCUT2D eigenvalue weighted by atomic mass is 9.96. The van der Waals surface area contributed by atoms with Crippen LogP contribution in [0.4, 0.5) is 0 Å². The van der Waals surface area contributed by atoms with Crippen LogP contribution in [0.15, 0.2) is 76.2 Å². The summed E-state index contributed by atoms with van der Waals surface area (Å²) in [6, 6.07) is 11.9. The van der Waals surface area contributed by atoms with Crippen LogP contribution in [0.1, 0.15) is 31.0 Å². The van der Waals surface area contributed by atoms with E-state index in [1.165, 1.54) is 11.3 Å². The normalized spacial score (nSPS) is 15.0. The maximum atomic E-state index is 13.8. The summed E-state index contributed by atoms with van der Waals surface area (Å²) >= 11 is 1.24. The van der Waals surface area contributed by atoms with E-state index in [0.717, 1.165) is 5.56 Å².